The summed E-state index contributed by atoms with van der Waals surface area (Å²) in [5.41, 5.74) is 5.20. The molecule has 0 amide bonds. The van der Waals surface area contributed by atoms with Crippen LogP contribution >= 0.6 is 0 Å². The summed E-state index contributed by atoms with van der Waals surface area (Å²) in [4.78, 5) is 5.17. The molecule has 0 radical (unpaired) electrons. The minimum absolute atomic E-state index is 0.407. The Labute approximate surface area is 128 Å². The molecule has 0 aromatic carbocycles. The van der Waals surface area contributed by atoms with Crippen molar-refractivity contribution in [3.05, 3.63) is 0 Å². The van der Waals surface area contributed by atoms with Crippen LogP contribution in [0.25, 0.3) is 0 Å². The number of nitrogens with two attached hydrogens (primary N) is 1. The molecule has 2 aliphatic heterocycles. The van der Waals surface area contributed by atoms with Crippen LogP contribution in [0, 0.1) is 5.92 Å². The second-order valence-corrected chi connectivity index (χ2v) is 7.08. The van der Waals surface area contributed by atoms with Gasteiger partial charge in [-0.1, -0.05) is 6.42 Å². The van der Waals surface area contributed by atoms with Gasteiger partial charge in [0, 0.05) is 32.2 Å². The zero-order valence-electron chi connectivity index (χ0n) is 13.2. The summed E-state index contributed by atoms with van der Waals surface area (Å²) in [7, 11) is 0. The molecule has 5 nitrogen and oxygen atoms in total. The van der Waals surface area contributed by atoms with Crippen molar-refractivity contribution in [2.45, 2.75) is 43.7 Å². The standard InChI is InChI=1S/C16H31N3O2/c17-13-16(20)5-1-2-14(16)3-6-18-7-4-15(12-18)19-8-10-21-11-9-19/h14-15,20H,1-13,17H2. The maximum absolute atomic E-state index is 10.5. The largest absolute Gasteiger partial charge is 0.388 e. The predicted molar refractivity (Wildman–Crippen MR) is 83.2 cm³/mol. The highest BCUT2D eigenvalue weighted by Gasteiger charge is 2.40. The van der Waals surface area contributed by atoms with Gasteiger partial charge in [-0.25, -0.2) is 0 Å². The minimum Gasteiger partial charge on any atom is -0.388 e. The zero-order chi connectivity index (χ0) is 14.7. The maximum atomic E-state index is 10.5. The van der Waals surface area contributed by atoms with Crippen LogP contribution in [-0.4, -0.2) is 79.0 Å². The van der Waals surface area contributed by atoms with Crippen molar-refractivity contribution in [2.75, 3.05) is 52.5 Å². The first-order valence-corrected chi connectivity index (χ1v) is 8.68. The minimum atomic E-state index is -0.580. The van der Waals surface area contributed by atoms with Crippen molar-refractivity contribution in [1.82, 2.24) is 9.80 Å². The molecule has 3 fully saturated rings. The summed E-state index contributed by atoms with van der Waals surface area (Å²) < 4.78 is 5.44. The van der Waals surface area contributed by atoms with E-state index in [4.69, 9.17) is 10.5 Å². The number of nitrogens with zero attached hydrogens (tertiary/aromatic N) is 2. The molecular formula is C16H31N3O2. The van der Waals surface area contributed by atoms with Crippen molar-refractivity contribution in [3.63, 3.8) is 0 Å². The summed E-state index contributed by atoms with van der Waals surface area (Å²) in [6.07, 6.45) is 5.56. The first kappa shape index (κ1) is 15.7. The lowest BCUT2D eigenvalue weighted by atomic mass is 9.88. The van der Waals surface area contributed by atoms with E-state index in [2.05, 4.69) is 9.80 Å². The molecule has 3 atom stereocenters. The SMILES string of the molecule is NCC1(O)CCCC1CCN1CCC(N2CCOCC2)C1. The van der Waals surface area contributed by atoms with Gasteiger partial charge in [-0.15, -0.1) is 0 Å². The van der Waals surface area contributed by atoms with Gasteiger partial charge in [-0.3, -0.25) is 4.90 Å². The molecule has 3 rings (SSSR count). The fourth-order valence-electron chi connectivity index (χ4n) is 4.40. The van der Waals surface area contributed by atoms with Gasteiger partial charge >= 0.3 is 0 Å². The van der Waals surface area contributed by atoms with Crippen LogP contribution in [0.3, 0.4) is 0 Å². The van der Waals surface area contributed by atoms with Gasteiger partial charge in [0.05, 0.1) is 18.8 Å². The second-order valence-electron chi connectivity index (χ2n) is 7.08. The van der Waals surface area contributed by atoms with E-state index in [1.807, 2.05) is 0 Å². The maximum Gasteiger partial charge on any atom is 0.0797 e. The summed E-state index contributed by atoms with van der Waals surface area (Å²) in [5.74, 6) is 0.407. The van der Waals surface area contributed by atoms with Crippen LogP contribution in [0.1, 0.15) is 32.1 Å². The summed E-state index contributed by atoms with van der Waals surface area (Å²) in [5, 5.41) is 10.5. The Kier molecular flexibility index (Phi) is 5.17. The normalized spacial score (nSPS) is 39.1. The fourth-order valence-corrected chi connectivity index (χ4v) is 4.40. The predicted octanol–water partition coefficient (Wildman–Crippen LogP) is 0.273. The lowest BCUT2D eigenvalue weighted by molar-refractivity contribution is 0.00394. The molecule has 3 aliphatic rings. The van der Waals surface area contributed by atoms with Crippen LogP contribution < -0.4 is 5.73 Å². The van der Waals surface area contributed by atoms with E-state index >= 15 is 0 Å². The number of morpholine rings is 1. The van der Waals surface area contributed by atoms with Crippen LogP contribution in [0.5, 0.6) is 0 Å². The molecule has 1 aliphatic carbocycles. The smallest absolute Gasteiger partial charge is 0.0797 e. The number of hydrogen-bond acceptors (Lipinski definition) is 5. The van der Waals surface area contributed by atoms with Crippen molar-refractivity contribution < 1.29 is 9.84 Å². The Balaban J connectivity index is 1.42. The summed E-state index contributed by atoms with van der Waals surface area (Å²) in [6.45, 7) is 7.90. The van der Waals surface area contributed by atoms with Crippen LogP contribution in [0.4, 0.5) is 0 Å². The van der Waals surface area contributed by atoms with Crippen LogP contribution in [0.2, 0.25) is 0 Å². The molecule has 0 aromatic rings. The van der Waals surface area contributed by atoms with Gasteiger partial charge in [-0.2, -0.15) is 0 Å². The molecule has 2 heterocycles. The third kappa shape index (κ3) is 3.59. The first-order valence-electron chi connectivity index (χ1n) is 8.68. The lowest BCUT2D eigenvalue weighted by Crippen LogP contribution is -2.45. The molecule has 0 aromatic heterocycles. The van der Waals surface area contributed by atoms with E-state index in [0.717, 1.165) is 58.5 Å². The van der Waals surface area contributed by atoms with Gasteiger partial charge in [-0.05, 0) is 44.7 Å². The number of hydrogen-bond donors (Lipinski definition) is 2. The fraction of sp³-hybridized carbons (Fsp3) is 1.00. The molecule has 0 bridgehead atoms. The van der Waals surface area contributed by atoms with E-state index in [1.165, 1.54) is 19.5 Å². The highest BCUT2D eigenvalue weighted by Crippen LogP contribution is 2.37. The molecule has 21 heavy (non-hydrogen) atoms. The topological polar surface area (TPSA) is 62.0 Å². The number of ether oxygens (including phenoxy) is 1. The quantitative estimate of drug-likeness (QED) is 0.763. The number of rotatable bonds is 5. The highest BCUT2D eigenvalue weighted by atomic mass is 16.5. The third-order valence-corrected chi connectivity index (χ3v) is 5.88. The lowest BCUT2D eigenvalue weighted by Gasteiger charge is -2.32. The Morgan fingerprint density at radius 3 is 2.76 bits per heavy atom. The molecule has 122 valence electrons. The summed E-state index contributed by atoms with van der Waals surface area (Å²) in [6, 6.07) is 0.714. The molecular weight excluding hydrogens is 266 g/mol. The van der Waals surface area contributed by atoms with Crippen molar-refractivity contribution >= 4 is 0 Å². The van der Waals surface area contributed by atoms with Gasteiger partial charge in [0.2, 0.25) is 0 Å². The molecule has 3 N–H and O–H groups in total. The summed E-state index contributed by atoms with van der Waals surface area (Å²) >= 11 is 0. The number of aliphatic hydroxyl groups is 1. The van der Waals surface area contributed by atoms with Gasteiger partial charge < -0.3 is 20.5 Å². The van der Waals surface area contributed by atoms with E-state index in [-0.39, 0.29) is 0 Å². The van der Waals surface area contributed by atoms with Crippen molar-refractivity contribution in [2.24, 2.45) is 11.7 Å². The molecule has 2 saturated heterocycles. The van der Waals surface area contributed by atoms with Crippen molar-refractivity contribution in [3.8, 4) is 0 Å². The first-order chi connectivity index (χ1) is 10.2. The number of likely N-dealkylation sites (tertiary alicyclic amines) is 1. The molecule has 1 saturated carbocycles. The van der Waals surface area contributed by atoms with Crippen LogP contribution in [-0.2, 0) is 4.74 Å². The van der Waals surface area contributed by atoms with E-state index in [1.54, 1.807) is 0 Å². The molecule has 3 unspecified atom stereocenters. The average Bonchev–Trinajstić information content (AvgIpc) is 3.13. The molecule has 5 heteroatoms. The highest BCUT2D eigenvalue weighted by molar-refractivity contribution is 4.94. The molecule has 0 spiro atoms. The van der Waals surface area contributed by atoms with E-state index < -0.39 is 5.60 Å². The van der Waals surface area contributed by atoms with E-state index in [9.17, 15) is 5.11 Å². The van der Waals surface area contributed by atoms with Crippen LogP contribution in [0.15, 0.2) is 0 Å². The Hall–Kier alpha value is -0.200. The van der Waals surface area contributed by atoms with Crippen molar-refractivity contribution in [1.29, 1.82) is 0 Å². The zero-order valence-corrected chi connectivity index (χ0v) is 13.2. The Morgan fingerprint density at radius 1 is 1.19 bits per heavy atom. The van der Waals surface area contributed by atoms with Gasteiger partial charge in [0.1, 0.15) is 0 Å². The Bertz CT molecular complexity index is 335. The van der Waals surface area contributed by atoms with Gasteiger partial charge in [0.25, 0.3) is 0 Å². The van der Waals surface area contributed by atoms with Gasteiger partial charge in [0.15, 0.2) is 0 Å². The monoisotopic (exact) mass is 297 g/mol. The third-order valence-electron chi connectivity index (χ3n) is 5.88. The Morgan fingerprint density at radius 2 is 2.00 bits per heavy atom. The van der Waals surface area contributed by atoms with E-state index in [0.29, 0.717) is 18.5 Å². The average molecular weight is 297 g/mol. The second kappa shape index (κ2) is 6.92.